The lowest BCUT2D eigenvalue weighted by Gasteiger charge is -2.49. The SMILES string of the molecule is CC[C@H]1OC(=O)[C@H](C)[C@@H](OC2CC(C)(OC)C(O)C(C)O2)[C@H](C)[C@@H](OC2OC(C)CC(N(C)C)C2O)[C@](C)(O)C[C@@H](C)C(=O)O[C@@H]([C@H](C)N(C)C)[C@@]1(C)O. The Bertz CT molecular complexity index is 1230. The molecule has 3 aliphatic rings. The van der Waals surface area contributed by atoms with E-state index in [9.17, 15) is 30.0 Å². The lowest BCUT2D eigenvalue weighted by Crippen LogP contribution is -2.62. The highest BCUT2D eigenvalue weighted by Gasteiger charge is 2.54. The molecular weight excluding hydrogens is 704 g/mol. The molecule has 15 heteroatoms. The number of hydrogen-bond donors (Lipinski definition) is 4. The van der Waals surface area contributed by atoms with Crippen LogP contribution in [0.4, 0.5) is 0 Å². The Morgan fingerprint density at radius 3 is 2.06 bits per heavy atom. The van der Waals surface area contributed by atoms with Gasteiger partial charge in [0.1, 0.15) is 30.0 Å². The van der Waals surface area contributed by atoms with Crippen LogP contribution >= 0.6 is 0 Å². The number of likely N-dealkylation sites (N-methyl/N-ethyl adjacent to an activating group) is 2. The zero-order chi connectivity index (χ0) is 41.2. The molecule has 0 saturated carbocycles. The first-order valence-electron chi connectivity index (χ1n) is 19.5. The average molecular weight is 777 g/mol. The van der Waals surface area contributed by atoms with Gasteiger partial charge in [-0.2, -0.15) is 0 Å². The zero-order valence-electron chi connectivity index (χ0n) is 35.3. The van der Waals surface area contributed by atoms with E-state index in [1.54, 1.807) is 67.5 Å². The molecule has 316 valence electrons. The van der Waals surface area contributed by atoms with Crippen molar-refractivity contribution < 1.29 is 63.2 Å². The standard InChI is InChI=1S/C39H72N2O13/c1-16-27-39(10,47)33(24(6)40(11)12)53-34(44)20(2)18-37(8,46)32(54-36-29(42)26(41(13)14)17-21(3)49-36)22(4)30(23(5)35(45)51-27)52-28-19-38(9,48-15)31(43)25(7)50-28/h20-33,36,42-43,46-47H,16-19H2,1-15H3/t20-,21?,22+,23-,24+,25?,26?,27-,28?,29?,30+,31?,32-,33+,36?,37-,38?,39+/m1/s1. The van der Waals surface area contributed by atoms with Crippen LogP contribution in [0.25, 0.3) is 0 Å². The lowest BCUT2D eigenvalue weighted by atomic mass is 9.77. The summed E-state index contributed by atoms with van der Waals surface area (Å²) in [5, 5.41) is 47.0. The minimum Gasteiger partial charge on any atom is -0.459 e. The highest BCUT2D eigenvalue weighted by atomic mass is 16.7. The quantitative estimate of drug-likeness (QED) is 0.249. The minimum absolute atomic E-state index is 0.105. The van der Waals surface area contributed by atoms with Crippen molar-refractivity contribution in [2.75, 3.05) is 35.3 Å². The molecule has 0 bridgehead atoms. The first-order valence-corrected chi connectivity index (χ1v) is 19.5. The third kappa shape index (κ3) is 10.3. The molecule has 15 nitrogen and oxygen atoms in total. The van der Waals surface area contributed by atoms with Gasteiger partial charge in [-0.05, 0) is 95.9 Å². The van der Waals surface area contributed by atoms with Gasteiger partial charge < -0.3 is 63.4 Å². The Morgan fingerprint density at radius 2 is 1.52 bits per heavy atom. The number of nitrogens with zero attached hydrogens (tertiary/aromatic N) is 2. The van der Waals surface area contributed by atoms with Gasteiger partial charge in [0, 0.05) is 31.5 Å². The summed E-state index contributed by atoms with van der Waals surface area (Å²) in [6.45, 7) is 17.0. The number of carbonyl (C=O) groups is 2. The molecule has 0 aromatic heterocycles. The van der Waals surface area contributed by atoms with Crippen LogP contribution in [0.5, 0.6) is 0 Å². The van der Waals surface area contributed by atoms with Gasteiger partial charge >= 0.3 is 11.9 Å². The Balaban J connectivity index is 2.21. The van der Waals surface area contributed by atoms with E-state index in [4.69, 9.17) is 33.2 Å². The molecule has 3 rings (SSSR count). The molecule has 3 fully saturated rings. The van der Waals surface area contributed by atoms with Crippen LogP contribution in [0.2, 0.25) is 0 Å². The summed E-state index contributed by atoms with van der Waals surface area (Å²) in [5.41, 5.74) is -4.68. The number of aliphatic hydroxyl groups is 4. The summed E-state index contributed by atoms with van der Waals surface area (Å²) >= 11 is 0. The molecule has 0 amide bonds. The van der Waals surface area contributed by atoms with Crippen molar-refractivity contribution in [3.05, 3.63) is 0 Å². The van der Waals surface area contributed by atoms with Crippen LogP contribution in [0.15, 0.2) is 0 Å². The molecule has 4 N–H and O–H groups in total. The summed E-state index contributed by atoms with van der Waals surface area (Å²) in [4.78, 5) is 31.9. The number of esters is 2. The zero-order valence-corrected chi connectivity index (χ0v) is 35.3. The largest absolute Gasteiger partial charge is 0.459 e. The Labute approximate surface area is 322 Å². The van der Waals surface area contributed by atoms with Gasteiger partial charge in [0.2, 0.25) is 0 Å². The molecule has 0 radical (unpaired) electrons. The van der Waals surface area contributed by atoms with Gasteiger partial charge in [-0.15, -0.1) is 0 Å². The van der Waals surface area contributed by atoms with Crippen LogP contribution in [0, 0.1) is 17.8 Å². The van der Waals surface area contributed by atoms with E-state index in [1.807, 2.05) is 25.9 Å². The van der Waals surface area contributed by atoms with Gasteiger partial charge in [0.15, 0.2) is 12.6 Å². The summed E-state index contributed by atoms with van der Waals surface area (Å²) in [6.07, 6.45) is -9.05. The number of ether oxygens (including phenoxy) is 7. The van der Waals surface area contributed by atoms with E-state index in [0.29, 0.717) is 6.42 Å². The van der Waals surface area contributed by atoms with E-state index in [-0.39, 0.29) is 31.4 Å². The van der Waals surface area contributed by atoms with Crippen LogP contribution in [0.3, 0.4) is 0 Å². The average Bonchev–Trinajstić information content (AvgIpc) is 3.08. The topological polar surface area (TPSA) is 186 Å². The van der Waals surface area contributed by atoms with Crippen molar-refractivity contribution in [3.63, 3.8) is 0 Å². The summed E-state index contributed by atoms with van der Waals surface area (Å²) < 4.78 is 43.6. The van der Waals surface area contributed by atoms with Gasteiger partial charge in [-0.1, -0.05) is 20.8 Å². The highest BCUT2D eigenvalue weighted by Crippen LogP contribution is 2.40. The summed E-state index contributed by atoms with van der Waals surface area (Å²) in [5.74, 6) is -4.16. The minimum atomic E-state index is -1.82. The summed E-state index contributed by atoms with van der Waals surface area (Å²) in [6, 6.07) is -0.827. The fourth-order valence-corrected chi connectivity index (χ4v) is 8.49. The number of methoxy groups -OCH3 is 1. The number of cyclic esters (lactones) is 2. The number of rotatable bonds is 9. The fraction of sp³-hybridized carbons (Fsp3) is 0.949. The number of aliphatic hydroxyl groups excluding tert-OH is 2. The van der Waals surface area contributed by atoms with Crippen LogP contribution < -0.4 is 0 Å². The maximum Gasteiger partial charge on any atom is 0.311 e. The molecule has 0 aromatic carbocycles. The fourth-order valence-electron chi connectivity index (χ4n) is 8.49. The molecule has 0 aromatic rings. The van der Waals surface area contributed by atoms with Crippen molar-refractivity contribution in [3.8, 4) is 0 Å². The number of hydrogen-bond acceptors (Lipinski definition) is 15. The van der Waals surface area contributed by atoms with E-state index >= 15 is 0 Å². The summed E-state index contributed by atoms with van der Waals surface area (Å²) in [7, 11) is 8.79. The van der Waals surface area contributed by atoms with Gasteiger partial charge in [-0.25, -0.2) is 0 Å². The molecule has 54 heavy (non-hydrogen) atoms. The highest BCUT2D eigenvalue weighted by molar-refractivity contribution is 5.73. The van der Waals surface area contributed by atoms with Crippen molar-refractivity contribution in [1.29, 1.82) is 0 Å². The predicted octanol–water partition coefficient (Wildman–Crippen LogP) is 2.08. The molecule has 18 atom stereocenters. The molecule has 0 spiro atoms. The monoisotopic (exact) mass is 777 g/mol. The van der Waals surface area contributed by atoms with E-state index < -0.39 is 108 Å². The van der Waals surface area contributed by atoms with Gasteiger partial charge in [0.05, 0.1) is 47.5 Å². The van der Waals surface area contributed by atoms with E-state index in [0.717, 1.165) is 0 Å². The van der Waals surface area contributed by atoms with Crippen LogP contribution in [-0.4, -0.2) is 168 Å². The van der Waals surface area contributed by atoms with E-state index in [1.165, 1.54) is 21.0 Å². The van der Waals surface area contributed by atoms with Crippen molar-refractivity contribution in [1.82, 2.24) is 9.80 Å². The Morgan fingerprint density at radius 1 is 0.907 bits per heavy atom. The second kappa shape index (κ2) is 18.4. The molecular formula is C39H72N2O13. The third-order valence-corrected chi connectivity index (χ3v) is 12.3. The smallest absolute Gasteiger partial charge is 0.311 e. The number of carbonyl (C=O) groups excluding carboxylic acids is 2. The first-order chi connectivity index (χ1) is 24.8. The Hall–Kier alpha value is -1.50. The molecule has 3 heterocycles. The Kier molecular flexibility index (Phi) is 16.0. The second-order valence-corrected chi connectivity index (χ2v) is 17.4. The molecule has 0 aliphatic carbocycles. The van der Waals surface area contributed by atoms with Crippen molar-refractivity contribution in [2.24, 2.45) is 17.8 Å². The van der Waals surface area contributed by atoms with Crippen LogP contribution in [-0.2, 0) is 42.7 Å². The molecule has 3 aliphatic heterocycles. The van der Waals surface area contributed by atoms with Crippen molar-refractivity contribution in [2.45, 2.75) is 185 Å². The van der Waals surface area contributed by atoms with Crippen LogP contribution in [0.1, 0.15) is 94.9 Å². The third-order valence-electron chi connectivity index (χ3n) is 12.3. The maximum atomic E-state index is 14.3. The predicted molar refractivity (Wildman–Crippen MR) is 199 cm³/mol. The normalized spacial score (nSPS) is 46.8. The molecule has 3 saturated heterocycles. The van der Waals surface area contributed by atoms with Gasteiger partial charge in [0.25, 0.3) is 0 Å². The van der Waals surface area contributed by atoms with E-state index in [2.05, 4.69) is 0 Å². The first kappa shape index (κ1) is 46.9. The maximum absolute atomic E-state index is 14.3. The molecule has 8 unspecified atom stereocenters. The second-order valence-electron chi connectivity index (χ2n) is 17.4. The van der Waals surface area contributed by atoms with Gasteiger partial charge in [-0.3, -0.25) is 9.59 Å². The van der Waals surface area contributed by atoms with Crippen molar-refractivity contribution >= 4 is 11.9 Å². The lowest BCUT2D eigenvalue weighted by molar-refractivity contribution is -0.318.